The van der Waals surface area contributed by atoms with Gasteiger partial charge in [-0.1, -0.05) is 76.9 Å². The first-order chi connectivity index (χ1) is 16.8. The topological polar surface area (TPSA) is 73.2 Å². The van der Waals surface area contributed by atoms with Crippen LogP contribution in [0.4, 0.5) is 11.4 Å². The van der Waals surface area contributed by atoms with Gasteiger partial charge in [0.15, 0.2) is 0 Å². The molecule has 0 spiro atoms. The minimum absolute atomic E-state index is 0.178. The summed E-state index contributed by atoms with van der Waals surface area (Å²) in [4.78, 5) is 28.1. The predicted molar refractivity (Wildman–Crippen MR) is 143 cm³/mol. The van der Waals surface area contributed by atoms with Gasteiger partial charge < -0.3 is 5.32 Å². The van der Waals surface area contributed by atoms with Crippen LogP contribution in [0, 0.1) is 18.3 Å². The van der Waals surface area contributed by atoms with E-state index in [4.69, 9.17) is 34.8 Å². The van der Waals surface area contributed by atoms with E-state index in [-0.39, 0.29) is 21.5 Å². The van der Waals surface area contributed by atoms with Crippen LogP contribution in [0.25, 0.3) is 0 Å². The lowest BCUT2D eigenvalue weighted by Gasteiger charge is -2.18. The fraction of sp³-hybridized carbons (Fsp3) is 0.115. The zero-order valence-corrected chi connectivity index (χ0v) is 21.5. The summed E-state index contributed by atoms with van der Waals surface area (Å²) in [6.07, 6.45) is 0.392. The van der Waals surface area contributed by atoms with Crippen LogP contribution in [0.1, 0.15) is 11.1 Å². The number of anilines is 2. The number of rotatable bonds is 5. The van der Waals surface area contributed by atoms with Gasteiger partial charge in [-0.15, -0.1) is 0 Å². The van der Waals surface area contributed by atoms with Crippen LogP contribution >= 0.6 is 46.6 Å². The molecular formula is C26H18Cl3N3O2S. The first-order valence-corrected chi connectivity index (χ1v) is 12.5. The van der Waals surface area contributed by atoms with Crippen molar-refractivity contribution in [2.24, 2.45) is 0 Å². The molecule has 9 heteroatoms. The number of hydrogen-bond donors (Lipinski definition) is 1. The second kappa shape index (κ2) is 10.8. The van der Waals surface area contributed by atoms with E-state index in [2.05, 4.69) is 5.32 Å². The van der Waals surface area contributed by atoms with E-state index in [0.717, 1.165) is 11.1 Å². The molecule has 0 bridgehead atoms. The molecule has 1 saturated heterocycles. The Kier molecular flexibility index (Phi) is 7.73. The highest BCUT2D eigenvalue weighted by atomic mass is 35.5. The summed E-state index contributed by atoms with van der Waals surface area (Å²) in [5.74, 6) is -0.871. The Morgan fingerprint density at radius 2 is 1.77 bits per heavy atom. The molecule has 1 unspecified atom stereocenters. The molecule has 5 nitrogen and oxygen atoms in total. The highest BCUT2D eigenvalue weighted by Gasteiger charge is 2.40. The molecule has 0 saturated carbocycles. The van der Waals surface area contributed by atoms with Gasteiger partial charge in [0, 0.05) is 16.4 Å². The molecule has 1 N–H and O–H groups in total. The monoisotopic (exact) mass is 541 g/mol. The van der Waals surface area contributed by atoms with E-state index < -0.39 is 11.2 Å². The van der Waals surface area contributed by atoms with Crippen LogP contribution in [0.5, 0.6) is 0 Å². The lowest BCUT2D eigenvalue weighted by molar-refractivity contribution is -0.117. The Balaban J connectivity index is 1.71. The summed E-state index contributed by atoms with van der Waals surface area (Å²) in [7, 11) is 0. The second-order valence-electron chi connectivity index (χ2n) is 7.78. The van der Waals surface area contributed by atoms with Crippen molar-refractivity contribution in [1.29, 1.82) is 5.26 Å². The number of para-hydroxylation sites is 1. The van der Waals surface area contributed by atoms with Gasteiger partial charge in [-0.25, -0.2) is 0 Å². The smallest absolute Gasteiger partial charge is 0.269 e. The number of nitrogens with zero attached hydrogens (tertiary/aromatic N) is 2. The van der Waals surface area contributed by atoms with Gasteiger partial charge in [0.05, 0.1) is 15.3 Å². The molecule has 1 fully saturated rings. The van der Waals surface area contributed by atoms with Crippen LogP contribution in [0.15, 0.2) is 77.3 Å². The Morgan fingerprint density at radius 3 is 2.43 bits per heavy atom. The van der Waals surface area contributed by atoms with Crippen molar-refractivity contribution in [3.63, 3.8) is 0 Å². The van der Waals surface area contributed by atoms with Crippen LogP contribution in [-0.4, -0.2) is 17.1 Å². The number of amides is 2. The third kappa shape index (κ3) is 5.50. The molecule has 2 amide bonds. The van der Waals surface area contributed by atoms with Crippen molar-refractivity contribution in [1.82, 2.24) is 0 Å². The SMILES string of the molecule is Cc1ccc(CC2SC(=C(C#N)C(=O)Nc3ccc(Cl)c(Cl)c3)N(c3ccccc3)C2=O)cc1Cl. The Morgan fingerprint density at radius 1 is 1.03 bits per heavy atom. The third-order valence-corrected chi connectivity index (χ3v) is 7.76. The number of carbonyl (C=O) groups excluding carboxylic acids is 2. The number of nitrogens with one attached hydrogen (secondary N) is 1. The average Bonchev–Trinajstić information content (AvgIpc) is 3.15. The number of aryl methyl sites for hydroxylation is 1. The molecule has 4 rings (SSSR count). The Labute approximate surface area is 222 Å². The van der Waals surface area contributed by atoms with E-state index in [1.54, 1.807) is 36.4 Å². The number of thioether (sulfide) groups is 1. The van der Waals surface area contributed by atoms with Crippen molar-refractivity contribution in [2.45, 2.75) is 18.6 Å². The molecule has 176 valence electrons. The van der Waals surface area contributed by atoms with Gasteiger partial charge in [-0.05, 0) is 60.9 Å². The van der Waals surface area contributed by atoms with Crippen LogP contribution < -0.4 is 10.2 Å². The van der Waals surface area contributed by atoms with Gasteiger partial charge in [-0.2, -0.15) is 5.26 Å². The highest BCUT2D eigenvalue weighted by molar-refractivity contribution is 8.05. The lowest BCUT2D eigenvalue weighted by atomic mass is 10.1. The van der Waals surface area contributed by atoms with Crippen molar-refractivity contribution < 1.29 is 9.59 Å². The van der Waals surface area contributed by atoms with E-state index in [0.29, 0.717) is 27.8 Å². The summed E-state index contributed by atoms with van der Waals surface area (Å²) < 4.78 is 0. The molecule has 0 aliphatic carbocycles. The fourth-order valence-corrected chi connectivity index (χ4v) is 5.35. The molecule has 1 atom stereocenters. The molecule has 1 heterocycles. The highest BCUT2D eigenvalue weighted by Crippen LogP contribution is 2.42. The van der Waals surface area contributed by atoms with Crippen LogP contribution in [-0.2, 0) is 16.0 Å². The molecule has 0 aromatic heterocycles. The van der Waals surface area contributed by atoms with Crippen molar-refractivity contribution >= 4 is 69.8 Å². The molecule has 1 aliphatic heterocycles. The normalized spacial score (nSPS) is 16.7. The first-order valence-electron chi connectivity index (χ1n) is 10.5. The van der Waals surface area contributed by atoms with Gasteiger partial charge in [0.25, 0.3) is 5.91 Å². The van der Waals surface area contributed by atoms with Crippen LogP contribution in [0.2, 0.25) is 15.1 Å². The second-order valence-corrected chi connectivity index (χ2v) is 10.2. The largest absolute Gasteiger partial charge is 0.321 e. The van der Waals surface area contributed by atoms with Gasteiger partial charge in [0.1, 0.15) is 16.7 Å². The van der Waals surface area contributed by atoms with Gasteiger partial charge in [-0.3, -0.25) is 14.5 Å². The number of carbonyl (C=O) groups is 2. The molecule has 0 radical (unpaired) electrons. The number of hydrogen-bond acceptors (Lipinski definition) is 4. The summed E-state index contributed by atoms with van der Waals surface area (Å²) in [5, 5.41) is 13.6. The van der Waals surface area contributed by atoms with Crippen molar-refractivity contribution in [2.75, 3.05) is 10.2 Å². The number of halogens is 3. The van der Waals surface area contributed by atoms with Crippen LogP contribution in [0.3, 0.4) is 0 Å². The molecular weight excluding hydrogens is 525 g/mol. The maximum atomic E-state index is 13.5. The van der Waals surface area contributed by atoms with E-state index in [1.165, 1.54) is 22.7 Å². The van der Waals surface area contributed by atoms with Crippen molar-refractivity contribution in [3.8, 4) is 6.07 Å². The minimum Gasteiger partial charge on any atom is -0.321 e. The molecule has 3 aromatic carbocycles. The summed E-state index contributed by atoms with van der Waals surface area (Å²) >= 11 is 19.5. The summed E-state index contributed by atoms with van der Waals surface area (Å²) in [5.41, 5.74) is 2.60. The Bertz CT molecular complexity index is 1390. The maximum Gasteiger partial charge on any atom is 0.269 e. The zero-order valence-electron chi connectivity index (χ0n) is 18.4. The predicted octanol–water partition coefficient (Wildman–Crippen LogP) is 7.02. The average molecular weight is 543 g/mol. The van der Waals surface area contributed by atoms with Crippen molar-refractivity contribution in [3.05, 3.63) is 104 Å². The molecule has 3 aromatic rings. The maximum absolute atomic E-state index is 13.5. The minimum atomic E-state index is -0.652. The first kappa shape index (κ1) is 25.2. The van der Waals surface area contributed by atoms with Gasteiger partial charge >= 0.3 is 0 Å². The third-order valence-electron chi connectivity index (χ3n) is 5.35. The number of nitriles is 1. The van der Waals surface area contributed by atoms with Gasteiger partial charge in [0.2, 0.25) is 5.91 Å². The van der Waals surface area contributed by atoms with E-state index in [1.807, 2.05) is 37.3 Å². The quantitative estimate of drug-likeness (QED) is 0.278. The summed E-state index contributed by atoms with van der Waals surface area (Å²) in [6, 6.07) is 21.2. The standard InChI is InChI=1S/C26H18Cl3N3O2S/c1-15-7-8-16(11-21(15)28)12-23-25(34)32(18-5-3-2-4-6-18)26(35-23)19(14-30)24(33)31-17-9-10-20(27)22(29)13-17/h2-11,13,23H,12H2,1H3,(H,31,33). The molecule has 35 heavy (non-hydrogen) atoms. The number of benzene rings is 3. The van der Waals surface area contributed by atoms with E-state index in [9.17, 15) is 14.9 Å². The Hall–Kier alpha value is -2.95. The zero-order chi connectivity index (χ0) is 25.1. The summed E-state index contributed by atoms with van der Waals surface area (Å²) in [6.45, 7) is 1.91. The fourth-order valence-electron chi connectivity index (χ4n) is 3.54. The molecule has 1 aliphatic rings. The van der Waals surface area contributed by atoms with E-state index >= 15 is 0 Å². The lowest BCUT2D eigenvalue weighted by Crippen LogP contribution is -2.30.